The highest BCUT2D eigenvalue weighted by molar-refractivity contribution is 6.46. The number of nitrogens with one attached hydrogen (secondary N) is 1. The van der Waals surface area contributed by atoms with E-state index < -0.39 is 17.7 Å². The van der Waals surface area contributed by atoms with Gasteiger partial charge in [-0.1, -0.05) is 37.5 Å². The zero-order valence-corrected chi connectivity index (χ0v) is 20.8. The minimum Gasteiger partial charge on any atom is -0.507 e. The number of benzene rings is 2. The number of likely N-dealkylation sites (tertiary alicyclic amines) is 1. The number of para-hydroxylation sites is 1. The van der Waals surface area contributed by atoms with Gasteiger partial charge in [0.15, 0.2) is 0 Å². The summed E-state index contributed by atoms with van der Waals surface area (Å²) in [6.45, 7) is 4.61. The van der Waals surface area contributed by atoms with Crippen molar-refractivity contribution in [2.75, 3.05) is 13.2 Å². The first-order valence-electron chi connectivity index (χ1n) is 12.8. The first-order valence-corrected chi connectivity index (χ1v) is 12.8. The van der Waals surface area contributed by atoms with Gasteiger partial charge in [-0.25, -0.2) is 0 Å². The Balaban J connectivity index is 1.70. The molecule has 2 aliphatic rings. The van der Waals surface area contributed by atoms with Crippen LogP contribution in [0.15, 0.2) is 54.2 Å². The average molecular weight is 489 g/mol. The molecule has 2 fully saturated rings. The number of H-pyrrole nitrogens is 1. The van der Waals surface area contributed by atoms with E-state index in [1.54, 1.807) is 23.1 Å². The molecule has 1 amide bonds. The molecule has 1 saturated carbocycles. The van der Waals surface area contributed by atoms with E-state index >= 15 is 0 Å². The van der Waals surface area contributed by atoms with Crippen molar-refractivity contribution in [1.82, 2.24) is 9.88 Å². The molecule has 0 spiro atoms. The summed E-state index contributed by atoms with van der Waals surface area (Å²) in [7, 11) is 0. The molecule has 1 aliphatic carbocycles. The summed E-state index contributed by atoms with van der Waals surface area (Å²) in [6.07, 6.45) is 6.70. The van der Waals surface area contributed by atoms with Crippen LogP contribution in [0, 0.1) is 0 Å². The zero-order chi connectivity index (χ0) is 25.2. The summed E-state index contributed by atoms with van der Waals surface area (Å²) in [4.78, 5) is 32.1. The second-order valence-electron chi connectivity index (χ2n) is 9.31. The number of aromatic nitrogens is 1. The maximum absolute atomic E-state index is 13.6. The quantitative estimate of drug-likeness (QED) is 0.252. The number of carbonyl (C=O) groups is 2. The third-order valence-electron chi connectivity index (χ3n) is 7.18. The van der Waals surface area contributed by atoms with Crippen molar-refractivity contribution in [2.45, 2.75) is 58.0 Å². The molecule has 1 aliphatic heterocycles. The fourth-order valence-electron chi connectivity index (χ4n) is 5.59. The van der Waals surface area contributed by atoms with Crippen LogP contribution in [0.5, 0.6) is 11.5 Å². The maximum atomic E-state index is 13.6. The van der Waals surface area contributed by atoms with Crippen molar-refractivity contribution in [3.63, 3.8) is 0 Å². The van der Waals surface area contributed by atoms with Crippen LogP contribution < -0.4 is 9.47 Å². The van der Waals surface area contributed by atoms with Gasteiger partial charge in [0.25, 0.3) is 11.7 Å². The molecule has 0 radical (unpaired) electrons. The van der Waals surface area contributed by atoms with Gasteiger partial charge >= 0.3 is 0 Å². The summed E-state index contributed by atoms with van der Waals surface area (Å²) in [6, 6.07) is 12.2. The number of hydrogen-bond acceptors (Lipinski definition) is 5. The van der Waals surface area contributed by atoms with Crippen LogP contribution in [0.3, 0.4) is 0 Å². The van der Waals surface area contributed by atoms with Crippen molar-refractivity contribution < 1.29 is 24.2 Å². The van der Waals surface area contributed by atoms with Crippen LogP contribution in [0.25, 0.3) is 16.7 Å². The zero-order valence-electron chi connectivity index (χ0n) is 20.8. The fourth-order valence-corrected chi connectivity index (χ4v) is 5.59. The highest BCUT2D eigenvalue weighted by Crippen LogP contribution is 2.46. The number of hydrogen-bond donors (Lipinski definition) is 2. The van der Waals surface area contributed by atoms with Crippen LogP contribution in [0.4, 0.5) is 0 Å². The molecule has 1 saturated heterocycles. The third kappa shape index (κ3) is 4.12. The van der Waals surface area contributed by atoms with Gasteiger partial charge in [0.1, 0.15) is 17.3 Å². The fraction of sp³-hybridized carbons (Fsp3) is 0.379. The lowest BCUT2D eigenvalue weighted by Crippen LogP contribution is -2.40. The van der Waals surface area contributed by atoms with Crippen molar-refractivity contribution in [1.29, 1.82) is 0 Å². The summed E-state index contributed by atoms with van der Waals surface area (Å²) >= 11 is 0. The Hall–Kier alpha value is -3.74. The number of amides is 1. The number of ether oxygens (including phenoxy) is 2. The lowest BCUT2D eigenvalue weighted by Gasteiger charge is -2.35. The summed E-state index contributed by atoms with van der Waals surface area (Å²) in [5, 5.41) is 12.6. The molecule has 5 rings (SSSR count). The second-order valence-corrected chi connectivity index (χ2v) is 9.31. The molecule has 188 valence electrons. The Kier molecular flexibility index (Phi) is 6.72. The monoisotopic (exact) mass is 488 g/mol. The van der Waals surface area contributed by atoms with E-state index in [0.717, 1.165) is 48.6 Å². The Labute approximate surface area is 210 Å². The van der Waals surface area contributed by atoms with Gasteiger partial charge in [-0.15, -0.1) is 0 Å². The minimum absolute atomic E-state index is 0.0501. The molecule has 2 aromatic carbocycles. The first kappa shape index (κ1) is 24.0. The normalized spacial score (nSPS) is 20.3. The predicted molar refractivity (Wildman–Crippen MR) is 138 cm³/mol. The van der Waals surface area contributed by atoms with E-state index in [0.29, 0.717) is 30.3 Å². The molecule has 36 heavy (non-hydrogen) atoms. The van der Waals surface area contributed by atoms with Crippen LogP contribution in [-0.2, 0) is 9.59 Å². The largest absolute Gasteiger partial charge is 0.507 e. The van der Waals surface area contributed by atoms with E-state index in [9.17, 15) is 14.7 Å². The van der Waals surface area contributed by atoms with E-state index in [2.05, 4.69) is 4.98 Å². The van der Waals surface area contributed by atoms with Crippen molar-refractivity contribution in [3.8, 4) is 11.5 Å². The number of nitrogens with zero attached hydrogens (tertiary/aromatic N) is 1. The van der Waals surface area contributed by atoms with Gasteiger partial charge in [0.2, 0.25) is 0 Å². The van der Waals surface area contributed by atoms with Crippen molar-refractivity contribution in [2.24, 2.45) is 0 Å². The average Bonchev–Trinajstić information content (AvgIpc) is 3.43. The molecule has 2 heterocycles. The molecule has 3 aromatic rings. The standard InChI is InChI=1S/C29H32N2O5/c1-3-35-19-14-15-21(24(16-19)36-4-2)27(32)25-26(22-17-30-23-13-9-8-12-20(22)23)31(29(34)28(25)33)18-10-6-5-7-11-18/h8-9,12-18,26,30,32H,3-7,10-11H2,1-2H3/b27-25+. The Morgan fingerprint density at radius 2 is 1.78 bits per heavy atom. The Morgan fingerprint density at radius 3 is 2.53 bits per heavy atom. The van der Waals surface area contributed by atoms with Crippen molar-refractivity contribution >= 4 is 28.4 Å². The van der Waals surface area contributed by atoms with Gasteiger partial charge in [-0.3, -0.25) is 9.59 Å². The second kappa shape index (κ2) is 10.1. The SMILES string of the molecule is CCOc1ccc(/C(O)=C2\C(=O)C(=O)N(C3CCCCC3)C2c2c[nH]c3ccccc23)c(OCC)c1. The van der Waals surface area contributed by atoms with Crippen LogP contribution in [0.1, 0.15) is 63.1 Å². The number of fused-ring (bicyclic) bond motifs is 1. The summed E-state index contributed by atoms with van der Waals surface area (Å²) < 4.78 is 11.4. The summed E-state index contributed by atoms with van der Waals surface area (Å²) in [5.41, 5.74) is 2.19. The van der Waals surface area contributed by atoms with E-state index in [1.165, 1.54) is 0 Å². The van der Waals surface area contributed by atoms with Gasteiger partial charge in [0, 0.05) is 34.8 Å². The molecule has 7 heteroatoms. The number of ketones is 1. The van der Waals surface area contributed by atoms with Crippen LogP contribution in [-0.4, -0.2) is 45.9 Å². The minimum atomic E-state index is -0.690. The highest BCUT2D eigenvalue weighted by atomic mass is 16.5. The smallest absolute Gasteiger partial charge is 0.295 e. The third-order valence-corrected chi connectivity index (χ3v) is 7.18. The number of rotatable bonds is 7. The Morgan fingerprint density at radius 1 is 1.03 bits per heavy atom. The number of aliphatic hydroxyl groups is 1. The van der Waals surface area contributed by atoms with E-state index in [4.69, 9.17) is 9.47 Å². The topological polar surface area (TPSA) is 91.9 Å². The van der Waals surface area contributed by atoms with Crippen LogP contribution >= 0.6 is 0 Å². The van der Waals surface area contributed by atoms with Gasteiger partial charge in [0.05, 0.1) is 30.4 Å². The van der Waals surface area contributed by atoms with Gasteiger partial charge in [-0.2, -0.15) is 0 Å². The van der Waals surface area contributed by atoms with E-state index in [-0.39, 0.29) is 17.4 Å². The summed E-state index contributed by atoms with van der Waals surface area (Å²) in [5.74, 6) is -0.434. The molecular weight excluding hydrogens is 456 g/mol. The Bertz CT molecular complexity index is 1320. The molecular formula is C29H32N2O5. The van der Waals surface area contributed by atoms with Gasteiger partial charge < -0.3 is 24.5 Å². The molecule has 1 aromatic heterocycles. The van der Waals surface area contributed by atoms with Crippen LogP contribution in [0.2, 0.25) is 0 Å². The van der Waals surface area contributed by atoms with Gasteiger partial charge in [-0.05, 0) is 44.9 Å². The number of aliphatic hydroxyl groups excluding tert-OH is 1. The first-order chi connectivity index (χ1) is 17.5. The molecule has 2 N–H and O–H groups in total. The highest BCUT2D eigenvalue weighted by Gasteiger charge is 2.49. The molecule has 7 nitrogen and oxygen atoms in total. The number of Topliss-reactive ketones (excluding diaryl/α,β-unsaturated/α-hetero) is 1. The van der Waals surface area contributed by atoms with E-state index in [1.807, 2.05) is 44.3 Å². The lowest BCUT2D eigenvalue weighted by atomic mass is 9.90. The molecule has 1 atom stereocenters. The van der Waals surface area contributed by atoms with Crippen molar-refractivity contribution in [3.05, 3.63) is 65.4 Å². The number of carbonyl (C=O) groups excluding carboxylic acids is 2. The number of aromatic amines is 1. The maximum Gasteiger partial charge on any atom is 0.295 e. The molecule has 1 unspecified atom stereocenters. The molecule has 0 bridgehead atoms. The lowest BCUT2D eigenvalue weighted by molar-refractivity contribution is -0.141. The predicted octanol–water partition coefficient (Wildman–Crippen LogP) is 5.72.